The highest BCUT2D eigenvalue weighted by atomic mass is 35.5. The summed E-state index contributed by atoms with van der Waals surface area (Å²) >= 11 is 4.64. The van der Waals surface area contributed by atoms with Crippen molar-refractivity contribution in [3.63, 3.8) is 0 Å². The quantitative estimate of drug-likeness (QED) is 0.368. The molecule has 0 aromatic carbocycles. The van der Waals surface area contributed by atoms with E-state index in [1.165, 1.54) is 6.38 Å². The van der Waals surface area contributed by atoms with Gasteiger partial charge in [0.2, 0.25) is 0 Å². The van der Waals surface area contributed by atoms with Gasteiger partial charge in [-0.1, -0.05) is 0 Å². The second-order valence-corrected chi connectivity index (χ2v) is 0.521. The van der Waals surface area contributed by atoms with E-state index in [4.69, 9.17) is 0 Å². The van der Waals surface area contributed by atoms with Crippen LogP contribution in [-0.2, 0) is 0 Å². The fraction of sp³-hybridized carbons (Fsp3) is 0.333. The molecule has 0 heterocycles. The molecule has 0 aliphatic rings. The highest BCUT2D eigenvalue weighted by Gasteiger charge is 1.98. The van der Waals surface area contributed by atoms with Crippen molar-refractivity contribution in [2.45, 2.75) is 0 Å². The van der Waals surface area contributed by atoms with E-state index in [9.17, 15) is 17.6 Å². The summed E-state index contributed by atoms with van der Waals surface area (Å²) in [6.45, 7) is 0. The van der Waals surface area contributed by atoms with Gasteiger partial charge >= 0.3 is 12.2 Å². The standard InChI is InChI=1S/C2F4.CH3Cl/c3-1(4)2(5)6;1-2/h;1H3. The van der Waals surface area contributed by atoms with Crippen LogP contribution in [0.2, 0.25) is 0 Å². The average Bonchev–Trinajstić information content (AvgIpc) is 1.72. The van der Waals surface area contributed by atoms with E-state index >= 15 is 0 Å². The van der Waals surface area contributed by atoms with Crippen molar-refractivity contribution in [2.24, 2.45) is 0 Å². The molecule has 0 amide bonds. The van der Waals surface area contributed by atoms with Crippen LogP contribution in [0.5, 0.6) is 0 Å². The predicted molar refractivity (Wildman–Crippen MR) is 23.2 cm³/mol. The smallest absolute Gasteiger partial charge is 0.167 e. The van der Waals surface area contributed by atoms with Gasteiger partial charge in [0.1, 0.15) is 0 Å². The van der Waals surface area contributed by atoms with Gasteiger partial charge in [-0.2, -0.15) is 17.6 Å². The van der Waals surface area contributed by atoms with E-state index in [-0.39, 0.29) is 0 Å². The predicted octanol–water partition coefficient (Wildman–Crippen LogP) is 2.85. The van der Waals surface area contributed by atoms with Crippen LogP contribution >= 0.6 is 11.6 Å². The van der Waals surface area contributed by atoms with Gasteiger partial charge in [0.15, 0.2) is 0 Å². The molecule has 0 aliphatic carbocycles. The third-order valence-electron chi connectivity index (χ3n) is 0.143. The Morgan fingerprint density at radius 3 is 1.00 bits per heavy atom. The molecule has 0 aliphatic heterocycles. The second-order valence-electron chi connectivity index (χ2n) is 0.521. The van der Waals surface area contributed by atoms with Crippen LogP contribution in [0.4, 0.5) is 17.6 Å². The van der Waals surface area contributed by atoms with Crippen LogP contribution in [0.15, 0.2) is 12.2 Å². The zero-order valence-corrected chi connectivity index (χ0v) is 4.65. The maximum atomic E-state index is 10.3. The van der Waals surface area contributed by atoms with E-state index in [0.717, 1.165) is 0 Å². The number of hydrogen-bond acceptors (Lipinski definition) is 0. The van der Waals surface area contributed by atoms with E-state index in [1.807, 2.05) is 0 Å². The minimum absolute atomic E-state index is 1.47. The van der Waals surface area contributed by atoms with Gasteiger partial charge in [-0.3, -0.25) is 0 Å². The molecule has 0 N–H and O–H groups in total. The van der Waals surface area contributed by atoms with E-state index in [2.05, 4.69) is 11.6 Å². The molecule has 0 bridgehead atoms. The molecule has 0 rings (SSSR count). The number of alkyl halides is 1. The zero-order chi connectivity index (χ0) is 7.15. The van der Waals surface area contributed by atoms with Gasteiger partial charge in [0.05, 0.1) is 0 Å². The summed E-state index contributed by atoms with van der Waals surface area (Å²) in [6, 6.07) is 0. The van der Waals surface area contributed by atoms with Crippen molar-refractivity contribution in [1.82, 2.24) is 0 Å². The fourth-order valence-electron chi connectivity index (χ4n) is 0. The lowest BCUT2D eigenvalue weighted by molar-refractivity contribution is 0.308. The summed E-state index contributed by atoms with van der Waals surface area (Å²) < 4.78 is 41.1. The van der Waals surface area contributed by atoms with Gasteiger partial charge in [0, 0.05) is 6.38 Å². The first kappa shape index (κ1) is 10.7. The summed E-state index contributed by atoms with van der Waals surface area (Å²) in [6.07, 6.45) is -4.34. The Balaban J connectivity index is 0. The Morgan fingerprint density at radius 1 is 0.875 bits per heavy atom. The second kappa shape index (κ2) is 6.75. The van der Waals surface area contributed by atoms with E-state index < -0.39 is 12.2 Å². The third kappa shape index (κ3) is 9.23. The molecule has 0 aromatic heterocycles. The zero-order valence-electron chi connectivity index (χ0n) is 3.89. The molecule has 0 saturated carbocycles. The van der Waals surface area contributed by atoms with E-state index in [1.54, 1.807) is 0 Å². The molecular weight excluding hydrogens is 147 g/mol. The monoisotopic (exact) mass is 150 g/mol. The lowest BCUT2D eigenvalue weighted by Crippen LogP contribution is -1.56. The maximum Gasteiger partial charge on any atom is 0.334 e. The van der Waals surface area contributed by atoms with Crippen molar-refractivity contribution in [3.05, 3.63) is 12.2 Å². The van der Waals surface area contributed by atoms with Gasteiger partial charge in [-0.05, 0) is 0 Å². The minimum atomic E-state index is -2.91. The molecule has 0 spiro atoms. The summed E-state index contributed by atoms with van der Waals surface area (Å²) in [7, 11) is 0. The SMILES string of the molecule is CCl.FC(F)=C(F)F. The normalized spacial score (nSPS) is 6.75. The van der Waals surface area contributed by atoms with E-state index in [0.29, 0.717) is 0 Å². The lowest BCUT2D eigenvalue weighted by atomic mass is 11.1. The van der Waals surface area contributed by atoms with Crippen molar-refractivity contribution in [3.8, 4) is 0 Å². The fourth-order valence-corrected chi connectivity index (χ4v) is 0. The molecule has 0 radical (unpaired) electrons. The molecule has 50 valence electrons. The molecule has 0 unspecified atom stereocenters. The first-order valence-electron chi connectivity index (χ1n) is 1.38. The van der Waals surface area contributed by atoms with Crippen molar-refractivity contribution >= 4 is 11.6 Å². The molecule has 0 nitrogen and oxygen atoms in total. The molecule has 5 heteroatoms. The molecular formula is C3H3ClF4. The number of halogens is 5. The van der Waals surface area contributed by atoms with Crippen LogP contribution in [0, 0.1) is 0 Å². The average molecular weight is 151 g/mol. The summed E-state index contributed by atoms with van der Waals surface area (Å²) in [5.74, 6) is 0. The van der Waals surface area contributed by atoms with Gasteiger partial charge in [-0.25, -0.2) is 0 Å². The Kier molecular flexibility index (Phi) is 9.01. The Labute approximate surface area is 48.8 Å². The molecule has 0 aromatic rings. The summed E-state index contributed by atoms with van der Waals surface area (Å²) in [5.41, 5.74) is 0. The maximum absolute atomic E-state index is 10.3. The number of rotatable bonds is 0. The van der Waals surface area contributed by atoms with Crippen molar-refractivity contribution in [2.75, 3.05) is 6.38 Å². The largest absolute Gasteiger partial charge is 0.334 e. The van der Waals surface area contributed by atoms with Gasteiger partial charge < -0.3 is 0 Å². The topological polar surface area (TPSA) is 0 Å². The first-order valence-corrected chi connectivity index (χ1v) is 2.14. The molecule has 8 heavy (non-hydrogen) atoms. The summed E-state index contributed by atoms with van der Waals surface area (Å²) in [4.78, 5) is 0. The Morgan fingerprint density at radius 2 is 1.00 bits per heavy atom. The minimum Gasteiger partial charge on any atom is -0.167 e. The third-order valence-corrected chi connectivity index (χ3v) is 0.143. The van der Waals surface area contributed by atoms with Gasteiger partial charge in [0.25, 0.3) is 0 Å². The van der Waals surface area contributed by atoms with Crippen LogP contribution in [0.3, 0.4) is 0 Å². The Bertz CT molecular complexity index is 61.4. The van der Waals surface area contributed by atoms with Crippen LogP contribution in [0.1, 0.15) is 0 Å². The van der Waals surface area contributed by atoms with Crippen molar-refractivity contribution in [1.29, 1.82) is 0 Å². The highest BCUT2D eigenvalue weighted by molar-refractivity contribution is 6.15. The highest BCUT2D eigenvalue weighted by Crippen LogP contribution is 2.08. The van der Waals surface area contributed by atoms with Crippen LogP contribution in [0.25, 0.3) is 0 Å². The van der Waals surface area contributed by atoms with Crippen LogP contribution < -0.4 is 0 Å². The van der Waals surface area contributed by atoms with Crippen molar-refractivity contribution < 1.29 is 17.6 Å². The first-order chi connectivity index (χ1) is 3.64. The lowest BCUT2D eigenvalue weighted by Gasteiger charge is -1.69. The molecule has 0 atom stereocenters. The van der Waals surface area contributed by atoms with Crippen LogP contribution in [-0.4, -0.2) is 6.38 Å². The number of hydrogen-bond donors (Lipinski definition) is 0. The molecule has 0 fully saturated rings. The van der Waals surface area contributed by atoms with Gasteiger partial charge in [-0.15, -0.1) is 11.6 Å². The molecule has 0 saturated heterocycles. The Hall–Kier alpha value is -0.250. The summed E-state index contributed by atoms with van der Waals surface area (Å²) in [5, 5.41) is 0.